The summed E-state index contributed by atoms with van der Waals surface area (Å²) in [5.74, 6) is 0.568. The summed E-state index contributed by atoms with van der Waals surface area (Å²) in [5, 5.41) is 17.0. The number of carbonyl (C=O) groups is 2. The van der Waals surface area contributed by atoms with Gasteiger partial charge in [0.25, 0.3) is 5.91 Å². The van der Waals surface area contributed by atoms with Crippen LogP contribution in [0.2, 0.25) is 0 Å². The zero-order valence-corrected chi connectivity index (χ0v) is 18.1. The molecule has 10 nitrogen and oxygen atoms in total. The van der Waals surface area contributed by atoms with E-state index in [-0.39, 0.29) is 36.2 Å². The molecule has 0 radical (unpaired) electrons. The third-order valence-corrected chi connectivity index (χ3v) is 7.07. The van der Waals surface area contributed by atoms with Crippen LogP contribution in [0.25, 0.3) is 5.65 Å². The summed E-state index contributed by atoms with van der Waals surface area (Å²) in [7, 11) is 0. The van der Waals surface area contributed by atoms with Gasteiger partial charge in [0.15, 0.2) is 5.65 Å². The molecule has 3 aromatic rings. The van der Waals surface area contributed by atoms with E-state index in [2.05, 4.69) is 20.3 Å². The van der Waals surface area contributed by atoms with Crippen molar-refractivity contribution >= 4 is 28.8 Å². The molecule has 3 aliphatic rings. The topological polar surface area (TPSA) is 135 Å². The van der Waals surface area contributed by atoms with E-state index in [1.165, 1.54) is 6.20 Å². The predicted molar refractivity (Wildman–Crippen MR) is 119 cm³/mol. The molecule has 170 valence electrons. The first-order valence-electron chi connectivity index (χ1n) is 11.0. The van der Waals surface area contributed by atoms with Gasteiger partial charge in [0.05, 0.1) is 24.2 Å². The molecule has 4 heterocycles. The van der Waals surface area contributed by atoms with Crippen LogP contribution >= 0.6 is 0 Å². The molecule has 6 rings (SSSR count). The van der Waals surface area contributed by atoms with E-state index >= 15 is 0 Å². The minimum absolute atomic E-state index is 0.0625. The highest BCUT2D eigenvalue weighted by Gasteiger charge is 2.59. The number of nitrogens with two attached hydrogens (primary N) is 1. The zero-order chi connectivity index (χ0) is 22.9. The Morgan fingerprint density at radius 1 is 1.33 bits per heavy atom. The van der Waals surface area contributed by atoms with Crippen LogP contribution in [0.3, 0.4) is 0 Å². The van der Waals surface area contributed by atoms with Crippen LogP contribution < -0.4 is 20.7 Å². The number of anilines is 2. The van der Waals surface area contributed by atoms with Crippen molar-refractivity contribution in [2.45, 2.75) is 18.9 Å². The maximum absolute atomic E-state index is 13.2. The maximum Gasteiger partial charge on any atom is 0.261 e. The number of fused-ring (bicyclic) bond motifs is 3. The first kappa shape index (κ1) is 20.0. The summed E-state index contributed by atoms with van der Waals surface area (Å²) in [6.07, 6.45) is 5.39. The quantitative estimate of drug-likeness (QED) is 0.526. The number of aliphatic hydroxyl groups is 1. The molecule has 1 aliphatic carbocycles. The molecule has 4 atom stereocenters. The summed E-state index contributed by atoms with van der Waals surface area (Å²) in [5.41, 5.74) is 8.06. The molecular weight excluding hydrogens is 424 g/mol. The summed E-state index contributed by atoms with van der Waals surface area (Å²) in [6, 6.07) is 5.58. The SMILES string of the molecule is CC1(CO)Cc2cc(NC(=O)c3cnn4cccnc34)c(N3C[C@@H]4C(C(N)=O)[C@@H]4C3)cc2O1. The van der Waals surface area contributed by atoms with E-state index in [1.807, 2.05) is 19.1 Å². The molecule has 2 aliphatic heterocycles. The Bertz CT molecular complexity index is 1290. The Kier molecular flexibility index (Phi) is 4.19. The highest BCUT2D eigenvalue weighted by Crippen LogP contribution is 2.54. The van der Waals surface area contributed by atoms with Crippen LogP contribution in [-0.4, -0.2) is 56.8 Å². The van der Waals surface area contributed by atoms with E-state index in [0.29, 0.717) is 42.2 Å². The zero-order valence-electron chi connectivity index (χ0n) is 18.1. The molecular formula is C23H24N6O4. The van der Waals surface area contributed by atoms with Crippen molar-refractivity contribution in [3.8, 4) is 5.75 Å². The van der Waals surface area contributed by atoms with Gasteiger partial charge in [-0.1, -0.05) is 0 Å². The fraction of sp³-hybridized carbons (Fsp3) is 0.391. The second-order valence-electron chi connectivity index (χ2n) is 9.43. The minimum atomic E-state index is -0.696. The van der Waals surface area contributed by atoms with Crippen molar-refractivity contribution in [1.82, 2.24) is 14.6 Å². The van der Waals surface area contributed by atoms with Gasteiger partial charge in [-0.3, -0.25) is 9.59 Å². The average molecular weight is 448 g/mol. The average Bonchev–Trinajstić information content (AvgIpc) is 3.15. The fourth-order valence-electron chi connectivity index (χ4n) is 5.32. The second-order valence-corrected chi connectivity index (χ2v) is 9.43. The molecule has 4 N–H and O–H groups in total. The lowest BCUT2D eigenvalue weighted by Crippen LogP contribution is -2.34. The number of carbonyl (C=O) groups excluding carboxylic acids is 2. The lowest BCUT2D eigenvalue weighted by molar-refractivity contribution is -0.119. The lowest BCUT2D eigenvalue weighted by Gasteiger charge is -2.25. The molecule has 2 fully saturated rings. The van der Waals surface area contributed by atoms with Gasteiger partial charge in [-0.15, -0.1) is 0 Å². The number of aromatic nitrogens is 3. The van der Waals surface area contributed by atoms with Crippen LogP contribution in [0.4, 0.5) is 11.4 Å². The molecule has 1 aromatic carbocycles. The monoisotopic (exact) mass is 448 g/mol. The van der Waals surface area contributed by atoms with Crippen molar-refractivity contribution in [3.05, 3.63) is 47.9 Å². The number of amides is 2. The van der Waals surface area contributed by atoms with Gasteiger partial charge in [0.2, 0.25) is 5.91 Å². The Labute approximate surface area is 189 Å². The predicted octanol–water partition coefficient (Wildman–Crippen LogP) is 0.835. The van der Waals surface area contributed by atoms with E-state index in [4.69, 9.17) is 10.5 Å². The van der Waals surface area contributed by atoms with Crippen molar-refractivity contribution in [3.63, 3.8) is 0 Å². The van der Waals surface area contributed by atoms with Crippen molar-refractivity contribution < 1.29 is 19.4 Å². The first-order chi connectivity index (χ1) is 15.9. The number of aliphatic hydroxyl groups excluding tert-OH is 1. The van der Waals surface area contributed by atoms with Gasteiger partial charge in [-0.2, -0.15) is 5.10 Å². The van der Waals surface area contributed by atoms with Crippen molar-refractivity contribution in [2.24, 2.45) is 23.5 Å². The van der Waals surface area contributed by atoms with E-state index in [0.717, 1.165) is 11.3 Å². The summed E-state index contributed by atoms with van der Waals surface area (Å²) >= 11 is 0. The van der Waals surface area contributed by atoms with Gasteiger partial charge >= 0.3 is 0 Å². The van der Waals surface area contributed by atoms with E-state index in [1.54, 1.807) is 23.0 Å². The lowest BCUT2D eigenvalue weighted by atomic mass is 9.99. The van der Waals surface area contributed by atoms with Crippen LogP contribution in [-0.2, 0) is 11.2 Å². The van der Waals surface area contributed by atoms with Crippen molar-refractivity contribution in [2.75, 3.05) is 29.9 Å². The van der Waals surface area contributed by atoms with Gasteiger partial charge in [-0.05, 0) is 30.9 Å². The number of piperidine rings is 1. The maximum atomic E-state index is 13.2. The highest BCUT2D eigenvalue weighted by atomic mass is 16.5. The number of nitrogens with zero attached hydrogens (tertiary/aromatic N) is 4. The number of hydrogen-bond acceptors (Lipinski definition) is 7. The molecule has 1 saturated carbocycles. The number of benzene rings is 1. The van der Waals surface area contributed by atoms with Crippen LogP contribution in [0, 0.1) is 17.8 Å². The Balaban J connectivity index is 1.34. The molecule has 33 heavy (non-hydrogen) atoms. The number of rotatable bonds is 5. The number of primary amides is 1. The standard InChI is InChI=1S/C23H24N6O4/c1-23(11-30)7-12-5-16(27-22(32)13-8-26-29-4-2-3-25-21(13)29)17(6-18(12)33-23)28-9-14-15(10-28)19(14)20(24)31/h2-6,8,14-15,19,30H,7,9-11H2,1H3,(H2,24,31)(H,27,32)/t14-,15+,19?,23?. The van der Waals surface area contributed by atoms with Gasteiger partial charge in [-0.25, -0.2) is 9.50 Å². The Morgan fingerprint density at radius 3 is 2.85 bits per heavy atom. The summed E-state index contributed by atoms with van der Waals surface area (Å²) < 4.78 is 7.60. The Hall–Kier alpha value is -3.66. The van der Waals surface area contributed by atoms with Gasteiger partial charge < -0.3 is 25.8 Å². The molecule has 0 spiro atoms. The van der Waals surface area contributed by atoms with Gasteiger partial charge in [0, 0.05) is 49.5 Å². The molecule has 10 heteroatoms. The van der Waals surface area contributed by atoms with E-state index in [9.17, 15) is 14.7 Å². The molecule has 0 bridgehead atoms. The van der Waals surface area contributed by atoms with Crippen LogP contribution in [0.15, 0.2) is 36.8 Å². The molecule has 2 unspecified atom stereocenters. The molecule has 2 amide bonds. The second kappa shape index (κ2) is 6.92. The number of hydrogen-bond donors (Lipinski definition) is 3. The largest absolute Gasteiger partial charge is 0.484 e. The van der Waals surface area contributed by atoms with Gasteiger partial charge in [0.1, 0.15) is 16.9 Å². The first-order valence-corrected chi connectivity index (χ1v) is 11.0. The fourth-order valence-corrected chi connectivity index (χ4v) is 5.32. The Morgan fingerprint density at radius 2 is 2.12 bits per heavy atom. The smallest absolute Gasteiger partial charge is 0.261 e. The molecule has 2 aromatic heterocycles. The normalized spacial score (nSPS) is 27.2. The third kappa shape index (κ3) is 3.12. The van der Waals surface area contributed by atoms with Crippen molar-refractivity contribution in [1.29, 1.82) is 0 Å². The number of ether oxygens (including phenoxy) is 1. The van der Waals surface area contributed by atoms with E-state index < -0.39 is 5.60 Å². The molecule has 1 saturated heterocycles. The number of nitrogens with one attached hydrogen (secondary N) is 1. The van der Waals surface area contributed by atoms with Crippen LogP contribution in [0.5, 0.6) is 5.75 Å². The summed E-state index contributed by atoms with van der Waals surface area (Å²) in [4.78, 5) is 31.2. The summed E-state index contributed by atoms with van der Waals surface area (Å²) in [6.45, 7) is 3.13. The van der Waals surface area contributed by atoms with Crippen LogP contribution in [0.1, 0.15) is 22.8 Å². The third-order valence-electron chi connectivity index (χ3n) is 7.07. The highest BCUT2D eigenvalue weighted by molar-refractivity contribution is 6.09. The minimum Gasteiger partial charge on any atom is -0.484 e.